The van der Waals surface area contributed by atoms with Crippen LogP contribution in [0.1, 0.15) is 25.5 Å². The topological polar surface area (TPSA) is 47.0 Å². The number of para-hydroxylation sites is 2. The first-order valence-corrected chi connectivity index (χ1v) is 6.73. The van der Waals surface area contributed by atoms with E-state index in [1.165, 1.54) is 0 Å². The van der Waals surface area contributed by atoms with E-state index in [0.717, 1.165) is 35.4 Å². The third-order valence-electron chi connectivity index (χ3n) is 3.09. The smallest absolute Gasteiger partial charge is 0.148 e. The maximum atomic E-state index is 5.25. The molecule has 0 saturated heterocycles. The second-order valence-electron chi connectivity index (χ2n) is 4.73. The van der Waals surface area contributed by atoms with Crippen molar-refractivity contribution in [3.05, 3.63) is 30.0 Å². The molecule has 1 aromatic carbocycles. The molecule has 1 N–H and O–H groups in total. The second-order valence-corrected chi connectivity index (χ2v) is 4.73. The van der Waals surface area contributed by atoms with Gasteiger partial charge >= 0.3 is 0 Å². The Morgan fingerprint density at radius 1 is 1.21 bits per heavy atom. The zero-order valence-electron chi connectivity index (χ0n) is 11.8. The van der Waals surface area contributed by atoms with Crippen molar-refractivity contribution < 1.29 is 4.74 Å². The average Bonchev–Trinajstić information content (AvgIpc) is 2.40. The van der Waals surface area contributed by atoms with Crippen LogP contribution in [0.4, 0.5) is 5.82 Å². The monoisotopic (exact) mass is 259 g/mol. The van der Waals surface area contributed by atoms with E-state index >= 15 is 0 Å². The predicted octanol–water partition coefficient (Wildman–Crippen LogP) is 3.17. The number of aromatic nitrogens is 2. The maximum absolute atomic E-state index is 5.25. The Bertz CT molecular complexity index is 536. The summed E-state index contributed by atoms with van der Waals surface area (Å²) < 4.78 is 5.25. The quantitative estimate of drug-likeness (QED) is 0.865. The maximum Gasteiger partial charge on any atom is 0.148 e. The Morgan fingerprint density at radius 2 is 1.89 bits per heavy atom. The molecule has 4 nitrogen and oxygen atoms in total. The number of fused-ring (bicyclic) bond motifs is 1. The van der Waals surface area contributed by atoms with Crippen molar-refractivity contribution in [3.8, 4) is 0 Å². The molecule has 0 aliphatic rings. The molecule has 19 heavy (non-hydrogen) atoms. The fourth-order valence-corrected chi connectivity index (χ4v) is 2.17. The predicted molar refractivity (Wildman–Crippen MR) is 78.5 cm³/mol. The summed E-state index contributed by atoms with van der Waals surface area (Å²) in [4.78, 5) is 9.23. The van der Waals surface area contributed by atoms with E-state index in [1.54, 1.807) is 7.11 Å². The van der Waals surface area contributed by atoms with E-state index in [9.17, 15) is 0 Å². The molecule has 0 fully saturated rings. The van der Waals surface area contributed by atoms with E-state index in [0.29, 0.717) is 6.61 Å². The van der Waals surface area contributed by atoms with E-state index in [4.69, 9.17) is 4.74 Å². The van der Waals surface area contributed by atoms with Crippen LogP contribution in [0.15, 0.2) is 24.3 Å². The van der Waals surface area contributed by atoms with Crippen LogP contribution < -0.4 is 5.32 Å². The molecule has 1 atom stereocenters. The Morgan fingerprint density at radius 3 is 2.53 bits per heavy atom. The molecule has 2 rings (SSSR count). The van der Waals surface area contributed by atoms with E-state index in [1.807, 2.05) is 31.2 Å². The van der Waals surface area contributed by atoms with Gasteiger partial charge in [-0.25, -0.2) is 9.97 Å². The molecule has 2 aromatic rings. The van der Waals surface area contributed by atoms with Crippen LogP contribution >= 0.6 is 0 Å². The van der Waals surface area contributed by atoms with Gasteiger partial charge in [0.1, 0.15) is 5.82 Å². The molecule has 0 radical (unpaired) electrons. The lowest BCUT2D eigenvalue weighted by Crippen LogP contribution is -2.25. The van der Waals surface area contributed by atoms with Crippen molar-refractivity contribution in [3.63, 3.8) is 0 Å². The summed E-state index contributed by atoms with van der Waals surface area (Å²) in [5.74, 6) is 0.856. The van der Waals surface area contributed by atoms with Crippen LogP contribution in [0.2, 0.25) is 0 Å². The van der Waals surface area contributed by atoms with Crippen LogP contribution in [0, 0.1) is 6.92 Å². The van der Waals surface area contributed by atoms with Gasteiger partial charge in [0, 0.05) is 7.11 Å². The number of benzene rings is 1. The molecule has 102 valence electrons. The van der Waals surface area contributed by atoms with Gasteiger partial charge in [0.15, 0.2) is 0 Å². The lowest BCUT2D eigenvalue weighted by atomic mass is 10.2. The molecule has 0 aliphatic heterocycles. The third kappa shape index (κ3) is 3.41. The van der Waals surface area contributed by atoms with Crippen LogP contribution in [0.3, 0.4) is 0 Å². The van der Waals surface area contributed by atoms with Crippen LogP contribution in [0.25, 0.3) is 11.0 Å². The van der Waals surface area contributed by atoms with E-state index in [2.05, 4.69) is 22.2 Å². The van der Waals surface area contributed by atoms with Crippen molar-refractivity contribution in [1.82, 2.24) is 9.97 Å². The Hall–Kier alpha value is -1.68. The van der Waals surface area contributed by atoms with Crippen LogP contribution in [-0.4, -0.2) is 29.7 Å². The van der Waals surface area contributed by atoms with Gasteiger partial charge in [-0.15, -0.1) is 0 Å². The number of hydrogen-bond acceptors (Lipinski definition) is 4. The van der Waals surface area contributed by atoms with Crippen molar-refractivity contribution in [2.24, 2.45) is 0 Å². The molecule has 0 saturated carbocycles. The highest BCUT2D eigenvalue weighted by Gasteiger charge is 2.11. The number of methoxy groups -OCH3 is 1. The van der Waals surface area contributed by atoms with Gasteiger partial charge in [-0.05, 0) is 25.5 Å². The summed E-state index contributed by atoms with van der Waals surface area (Å²) in [5, 5.41) is 3.44. The van der Waals surface area contributed by atoms with Gasteiger partial charge in [0.2, 0.25) is 0 Å². The summed E-state index contributed by atoms with van der Waals surface area (Å²) in [6, 6.07) is 8.21. The summed E-state index contributed by atoms with van der Waals surface area (Å²) in [7, 11) is 1.73. The second kappa shape index (κ2) is 6.48. The van der Waals surface area contributed by atoms with Crippen LogP contribution in [-0.2, 0) is 4.74 Å². The van der Waals surface area contributed by atoms with Crippen molar-refractivity contribution in [2.75, 3.05) is 19.0 Å². The molecule has 0 spiro atoms. The van der Waals surface area contributed by atoms with Crippen molar-refractivity contribution in [2.45, 2.75) is 32.7 Å². The highest BCUT2D eigenvalue weighted by atomic mass is 16.5. The summed E-state index contributed by atoms with van der Waals surface area (Å²) in [5.41, 5.74) is 2.78. The van der Waals surface area contributed by atoms with Crippen molar-refractivity contribution in [1.29, 1.82) is 0 Å². The minimum atomic E-state index is 0.282. The molecule has 1 unspecified atom stereocenters. The summed E-state index contributed by atoms with van der Waals surface area (Å²) >= 11 is 0. The number of nitrogens with zero attached hydrogens (tertiary/aromatic N) is 2. The summed E-state index contributed by atoms with van der Waals surface area (Å²) in [6.45, 7) is 4.84. The molecular formula is C15H21N3O. The fourth-order valence-electron chi connectivity index (χ4n) is 2.17. The van der Waals surface area contributed by atoms with Gasteiger partial charge in [0.05, 0.1) is 29.4 Å². The standard InChI is InChI=1S/C15H21N3O/c1-4-7-12(10-19-3)17-15-11(2)16-13-8-5-6-9-14(13)18-15/h5-6,8-9,12H,4,7,10H2,1-3H3,(H,17,18). The Kier molecular flexibility index (Phi) is 4.68. The summed E-state index contributed by atoms with van der Waals surface area (Å²) in [6.07, 6.45) is 2.17. The fraction of sp³-hybridized carbons (Fsp3) is 0.467. The van der Waals surface area contributed by atoms with Gasteiger partial charge in [-0.1, -0.05) is 25.5 Å². The SMILES string of the molecule is CCCC(COC)Nc1nc2ccccc2nc1C. The Labute approximate surface area is 114 Å². The minimum Gasteiger partial charge on any atom is -0.383 e. The van der Waals surface area contributed by atoms with E-state index < -0.39 is 0 Å². The molecule has 4 heteroatoms. The number of rotatable bonds is 6. The zero-order valence-corrected chi connectivity index (χ0v) is 11.8. The molecule has 0 amide bonds. The molecule has 1 aromatic heterocycles. The van der Waals surface area contributed by atoms with Crippen molar-refractivity contribution >= 4 is 16.9 Å². The van der Waals surface area contributed by atoms with Crippen LogP contribution in [0.5, 0.6) is 0 Å². The largest absolute Gasteiger partial charge is 0.383 e. The minimum absolute atomic E-state index is 0.282. The van der Waals surface area contributed by atoms with Gasteiger partial charge in [0.25, 0.3) is 0 Å². The lowest BCUT2D eigenvalue weighted by molar-refractivity contribution is 0.182. The highest BCUT2D eigenvalue weighted by molar-refractivity contribution is 5.76. The first-order valence-electron chi connectivity index (χ1n) is 6.73. The third-order valence-corrected chi connectivity index (χ3v) is 3.09. The molecule has 0 bridgehead atoms. The number of nitrogens with one attached hydrogen (secondary N) is 1. The Balaban J connectivity index is 2.25. The normalized spacial score (nSPS) is 12.6. The van der Waals surface area contributed by atoms with E-state index in [-0.39, 0.29) is 6.04 Å². The number of ether oxygens (including phenoxy) is 1. The first-order chi connectivity index (χ1) is 9.24. The molecule has 1 heterocycles. The molecular weight excluding hydrogens is 238 g/mol. The highest BCUT2D eigenvalue weighted by Crippen LogP contribution is 2.17. The lowest BCUT2D eigenvalue weighted by Gasteiger charge is -2.19. The van der Waals surface area contributed by atoms with Gasteiger partial charge in [-0.3, -0.25) is 0 Å². The number of anilines is 1. The zero-order chi connectivity index (χ0) is 13.7. The van der Waals surface area contributed by atoms with Gasteiger partial charge in [-0.2, -0.15) is 0 Å². The average molecular weight is 259 g/mol. The number of hydrogen-bond donors (Lipinski definition) is 1. The van der Waals surface area contributed by atoms with Gasteiger partial charge < -0.3 is 10.1 Å². The first kappa shape index (κ1) is 13.7. The molecule has 0 aliphatic carbocycles. The number of aryl methyl sites for hydroxylation is 1.